The lowest BCUT2D eigenvalue weighted by Gasteiger charge is -2.19. The Morgan fingerprint density at radius 2 is 2.25 bits per heavy atom. The van der Waals surface area contributed by atoms with E-state index in [1.165, 1.54) is 12.5 Å². The molecule has 86 valence electrons. The standard InChI is InChI=1S/C10H13N3O2S/c1-13(5-6-16(2,14)15)10-8-12-4-3-9(10)7-11/h3-4,8H,5-6H2,1-2H3. The number of aromatic nitrogens is 1. The Labute approximate surface area is 95.3 Å². The van der Waals surface area contributed by atoms with Crippen LogP contribution in [0.1, 0.15) is 5.56 Å². The van der Waals surface area contributed by atoms with Gasteiger partial charge in [-0.2, -0.15) is 5.26 Å². The molecule has 0 bridgehead atoms. The molecule has 16 heavy (non-hydrogen) atoms. The molecule has 0 radical (unpaired) electrons. The Morgan fingerprint density at radius 3 is 2.81 bits per heavy atom. The van der Waals surface area contributed by atoms with Crippen LogP contribution in [-0.2, 0) is 9.84 Å². The van der Waals surface area contributed by atoms with Crippen LogP contribution >= 0.6 is 0 Å². The van der Waals surface area contributed by atoms with Crippen molar-refractivity contribution in [1.82, 2.24) is 4.98 Å². The summed E-state index contributed by atoms with van der Waals surface area (Å²) in [5.41, 5.74) is 1.14. The third kappa shape index (κ3) is 3.51. The summed E-state index contributed by atoms with van der Waals surface area (Å²) in [7, 11) is -1.25. The van der Waals surface area contributed by atoms with E-state index in [2.05, 4.69) is 4.98 Å². The molecule has 0 atom stereocenters. The molecule has 1 rings (SSSR count). The normalized spacial score (nSPS) is 10.8. The highest BCUT2D eigenvalue weighted by Crippen LogP contribution is 2.16. The van der Waals surface area contributed by atoms with Gasteiger partial charge in [0.1, 0.15) is 15.9 Å². The minimum atomic E-state index is -2.99. The van der Waals surface area contributed by atoms with E-state index in [4.69, 9.17) is 5.26 Å². The van der Waals surface area contributed by atoms with E-state index < -0.39 is 9.84 Å². The molecule has 0 aliphatic carbocycles. The second-order valence-corrected chi connectivity index (χ2v) is 5.82. The van der Waals surface area contributed by atoms with Gasteiger partial charge in [0.2, 0.25) is 0 Å². The van der Waals surface area contributed by atoms with Gasteiger partial charge in [0.05, 0.1) is 23.2 Å². The molecule has 0 saturated carbocycles. The SMILES string of the molecule is CN(CCS(C)(=O)=O)c1cnccc1C#N. The molecule has 1 aromatic heterocycles. The number of nitriles is 1. The van der Waals surface area contributed by atoms with Crippen LogP contribution in [-0.4, -0.2) is 39.0 Å². The van der Waals surface area contributed by atoms with Crippen LogP contribution in [0.15, 0.2) is 18.5 Å². The highest BCUT2D eigenvalue weighted by atomic mass is 32.2. The topological polar surface area (TPSA) is 74.1 Å². The van der Waals surface area contributed by atoms with Gasteiger partial charge in [-0.05, 0) is 6.07 Å². The van der Waals surface area contributed by atoms with E-state index in [1.54, 1.807) is 24.2 Å². The van der Waals surface area contributed by atoms with Crippen LogP contribution in [0.4, 0.5) is 5.69 Å². The summed E-state index contributed by atoms with van der Waals surface area (Å²) >= 11 is 0. The average molecular weight is 239 g/mol. The maximum Gasteiger partial charge on any atom is 0.149 e. The van der Waals surface area contributed by atoms with E-state index in [0.717, 1.165) is 0 Å². The van der Waals surface area contributed by atoms with Gasteiger partial charge < -0.3 is 4.90 Å². The molecule has 0 unspecified atom stereocenters. The van der Waals surface area contributed by atoms with Gasteiger partial charge in [0.25, 0.3) is 0 Å². The lowest BCUT2D eigenvalue weighted by molar-refractivity contribution is 0.601. The molecular formula is C10H13N3O2S. The lowest BCUT2D eigenvalue weighted by atomic mass is 10.2. The van der Waals surface area contributed by atoms with Crippen molar-refractivity contribution >= 4 is 15.5 Å². The van der Waals surface area contributed by atoms with Crippen molar-refractivity contribution in [2.24, 2.45) is 0 Å². The van der Waals surface area contributed by atoms with Crippen LogP contribution in [0.25, 0.3) is 0 Å². The van der Waals surface area contributed by atoms with E-state index >= 15 is 0 Å². The van der Waals surface area contributed by atoms with E-state index in [0.29, 0.717) is 17.8 Å². The molecule has 1 heterocycles. The predicted molar refractivity (Wildman–Crippen MR) is 61.9 cm³/mol. The first kappa shape index (κ1) is 12.5. The highest BCUT2D eigenvalue weighted by molar-refractivity contribution is 7.90. The summed E-state index contributed by atoms with van der Waals surface area (Å²) in [6, 6.07) is 3.65. The quantitative estimate of drug-likeness (QED) is 0.762. The number of hydrogen-bond donors (Lipinski definition) is 0. The van der Waals surface area contributed by atoms with E-state index in [1.807, 2.05) is 6.07 Å². The summed E-state index contributed by atoms with van der Waals surface area (Å²) in [4.78, 5) is 5.63. The zero-order valence-corrected chi connectivity index (χ0v) is 10.0. The zero-order chi connectivity index (χ0) is 12.2. The first-order chi connectivity index (χ1) is 7.44. The average Bonchev–Trinajstić information content (AvgIpc) is 2.25. The predicted octanol–water partition coefficient (Wildman–Crippen LogP) is 0.434. The third-order valence-corrected chi connectivity index (χ3v) is 3.05. The molecule has 1 aromatic rings. The molecule has 0 N–H and O–H groups in total. The van der Waals surface area contributed by atoms with Crippen molar-refractivity contribution in [3.63, 3.8) is 0 Å². The minimum absolute atomic E-state index is 0.0588. The fraction of sp³-hybridized carbons (Fsp3) is 0.400. The van der Waals surface area contributed by atoms with Crippen LogP contribution in [0, 0.1) is 11.3 Å². The van der Waals surface area contributed by atoms with Crippen molar-refractivity contribution in [1.29, 1.82) is 5.26 Å². The Bertz CT molecular complexity index is 505. The van der Waals surface area contributed by atoms with Gasteiger partial charge >= 0.3 is 0 Å². The van der Waals surface area contributed by atoms with Gasteiger partial charge in [-0.15, -0.1) is 0 Å². The van der Waals surface area contributed by atoms with Gasteiger partial charge in [-0.1, -0.05) is 0 Å². The minimum Gasteiger partial charge on any atom is -0.371 e. The van der Waals surface area contributed by atoms with Crippen LogP contribution in [0.3, 0.4) is 0 Å². The first-order valence-corrected chi connectivity index (χ1v) is 6.73. The third-order valence-electron chi connectivity index (χ3n) is 2.13. The smallest absolute Gasteiger partial charge is 0.149 e. The number of pyridine rings is 1. The summed E-state index contributed by atoms with van der Waals surface area (Å²) in [6.45, 7) is 0.346. The number of hydrogen-bond acceptors (Lipinski definition) is 5. The molecule has 0 aromatic carbocycles. The maximum atomic E-state index is 11.0. The number of rotatable bonds is 4. The lowest BCUT2D eigenvalue weighted by Crippen LogP contribution is -2.25. The van der Waals surface area contributed by atoms with E-state index in [-0.39, 0.29) is 5.75 Å². The molecule has 5 nitrogen and oxygen atoms in total. The van der Waals surface area contributed by atoms with Crippen molar-refractivity contribution in [3.05, 3.63) is 24.0 Å². The maximum absolute atomic E-state index is 11.0. The highest BCUT2D eigenvalue weighted by Gasteiger charge is 2.09. The first-order valence-electron chi connectivity index (χ1n) is 4.67. The Kier molecular flexibility index (Phi) is 3.85. The van der Waals surface area contributed by atoms with Gasteiger partial charge in [-0.25, -0.2) is 8.42 Å². The fourth-order valence-corrected chi connectivity index (χ4v) is 1.81. The summed E-state index contributed by atoms with van der Waals surface area (Å²) < 4.78 is 22.0. The van der Waals surface area contributed by atoms with Crippen molar-refractivity contribution in [3.8, 4) is 6.07 Å². The molecular weight excluding hydrogens is 226 g/mol. The Hall–Kier alpha value is -1.61. The number of anilines is 1. The summed E-state index contributed by atoms with van der Waals surface area (Å²) in [5, 5.41) is 8.87. The second-order valence-electron chi connectivity index (χ2n) is 3.56. The number of nitrogens with zero attached hydrogens (tertiary/aromatic N) is 3. The molecule has 0 amide bonds. The Morgan fingerprint density at radius 1 is 1.56 bits per heavy atom. The van der Waals surface area contributed by atoms with Crippen LogP contribution in [0.2, 0.25) is 0 Å². The number of sulfone groups is 1. The summed E-state index contributed by atoms with van der Waals surface area (Å²) in [6.07, 6.45) is 4.28. The van der Waals surface area contributed by atoms with Crippen molar-refractivity contribution in [2.45, 2.75) is 0 Å². The molecule has 0 spiro atoms. The summed E-state index contributed by atoms with van der Waals surface area (Å²) in [5.74, 6) is 0.0588. The van der Waals surface area contributed by atoms with Gasteiger partial charge in [0, 0.05) is 26.0 Å². The van der Waals surface area contributed by atoms with Gasteiger partial charge in [0.15, 0.2) is 0 Å². The second kappa shape index (κ2) is 4.94. The molecule has 6 heteroatoms. The van der Waals surface area contributed by atoms with Crippen LogP contribution < -0.4 is 4.90 Å². The Balaban J connectivity index is 2.81. The van der Waals surface area contributed by atoms with Crippen LogP contribution in [0.5, 0.6) is 0 Å². The monoisotopic (exact) mass is 239 g/mol. The van der Waals surface area contributed by atoms with Crippen molar-refractivity contribution < 1.29 is 8.42 Å². The van der Waals surface area contributed by atoms with Crippen molar-refractivity contribution in [2.75, 3.05) is 30.5 Å². The fourth-order valence-electron chi connectivity index (χ4n) is 1.21. The largest absolute Gasteiger partial charge is 0.371 e. The zero-order valence-electron chi connectivity index (χ0n) is 9.21. The van der Waals surface area contributed by atoms with E-state index in [9.17, 15) is 8.42 Å². The molecule has 0 saturated heterocycles. The molecule has 0 fully saturated rings. The van der Waals surface area contributed by atoms with Gasteiger partial charge in [-0.3, -0.25) is 4.98 Å². The molecule has 0 aliphatic rings. The molecule has 0 aliphatic heterocycles.